The smallest absolute Gasteiger partial charge is 0.234 e. The van der Waals surface area contributed by atoms with Crippen molar-refractivity contribution in [3.05, 3.63) is 42.7 Å². The molecule has 5 rings (SSSR count). The van der Waals surface area contributed by atoms with Gasteiger partial charge in [0.1, 0.15) is 17.0 Å². The summed E-state index contributed by atoms with van der Waals surface area (Å²) >= 11 is 1.71. The number of anilines is 1. The zero-order valence-electron chi connectivity index (χ0n) is 15.7. The van der Waals surface area contributed by atoms with Gasteiger partial charge in [0.05, 0.1) is 11.9 Å². The van der Waals surface area contributed by atoms with Gasteiger partial charge in [0.2, 0.25) is 5.91 Å². The lowest BCUT2D eigenvalue weighted by Gasteiger charge is -2.35. The van der Waals surface area contributed by atoms with Crippen LogP contribution < -0.4 is 10.2 Å². The van der Waals surface area contributed by atoms with E-state index in [0.717, 1.165) is 55.1 Å². The van der Waals surface area contributed by atoms with Crippen molar-refractivity contribution in [2.75, 3.05) is 37.6 Å². The van der Waals surface area contributed by atoms with Gasteiger partial charge in [-0.15, -0.1) is 11.3 Å². The lowest BCUT2D eigenvalue weighted by Crippen LogP contribution is -2.50. The van der Waals surface area contributed by atoms with Gasteiger partial charge in [-0.1, -0.05) is 30.3 Å². The fraction of sp³-hybridized carbons (Fsp3) is 0.381. The van der Waals surface area contributed by atoms with Crippen molar-refractivity contribution >= 4 is 33.3 Å². The van der Waals surface area contributed by atoms with Crippen molar-refractivity contribution < 1.29 is 4.79 Å². The molecule has 2 fully saturated rings. The van der Waals surface area contributed by atoms with Gasteiger partial charge in [-0.25, -0.2) is 9.97 Å². The van der Waals surface area contributed by atoms with Crippen molar-refractivity contribution in [1.29, 1.82) is 0 Å². The van der Waals surface area contributed by atoms with Crippen molar-refractivity contribution in [3.63, 3.8) is 0 Å². The highest BCUT2D eigenvalue weighted by Crippen LogP contribution is 2.36. The van der Waals surface area contributed by atoms with E-state index in [-0.39, 0.29) is 5.91 Å². The van der Waals surface area contributed by atoms with E-state index in [1.165, 1.54) is 10.4 Å². The zero-order valence-corrected chi connectivity index (χ0v) is 16.5. The second kappa shape index (κ2) is 7.48. The number of amides is 1. The predicted molar refractivity (Wildman–Crippen MR) is 113 cm³/mol. The van der Waals surface area contributed by atoms with Crippen LogP contribution in [-0.4, -0.2) is 59.5 Å². The van der Waals surface area contributed by atoms with Crippen LogP contribution in [-0.2, 0) is 4.79 Å². The Hall–Kier alpha value is -2.51. The van der Waals surface area contributed by atoms with E-state index in [4.69, 9.17) is 0 Å². The lowest BCUT2D eigenvalue weighted by molar-refractivity contribution is -0.122. The summed E-state index contributed by atoms with van der Waals surface area (Å²) in [6.45, 7) is 4.00. The highest BCUT2D eigenvalue weighted by atomic mass is 32.1. The van der Waals surface area contributed by atoms with E-state index in [0.29, 0.717) is 12.6 Å². The molecule has 3 heterocycles. The number of carbonyl (C=O) groups excluding carboxylic acids is 1. The molecule has 0 radical (unpaired) electrons. The van der Waals surface area contributed by atoms with Gasteiger partial charge in [0.15, 0.2) is 0 Å². The van der Waals surface area contributed by atoms with E-state index >= 15 is 0 Å². The number of nitrogens with one attached hydrogen (secondary N) is 1. The molecule has 1 amide bonds. The van der Waals surface area contributed by atoms with Gasteiger partial charge >= 0.3 is 0 Å². The molecule has 1 aliphatic carbocycles. The number of rotatable bonds is 5. The van der Waals surface area contributed by atoms with E-state index in [9.17, 15) is 4.79 Å². The third-order valence-electron chi connectivity index (χ3n) is 5.35. The van der Waals surface area contributed by atoms with Gasteiger partial charge in [0.25, 0.3) is 0 Å². The molecule has 2 aromatic heterocycles. The molecule has 6 nitrogen and oxygen atoms in total. The normalized spacial score (nSPS) is 17.8. The molecule has 0 atom stereocenters. The van der Waals surface area contributed by atoms with Gasteiger partial charge < -0.3 is 10.2 Å². The first-order valence-corrected chi connectivity index (χ1v) is 10.6. The Bertz CT molecular complexity index is 977. The molecule has 3 aromatic rings. The number of fused-ring (bicyclic) bond motifs is 1. The molecule has 0 unspecified atom stereocenters. The van der Waals surface area contributed by atoms with Crippen LogP contribution in [0.4, 0.5) is 5.82 Å². The third kappa shape index (κ3) is 3.72. The maximum atomic E-state index is 12.0. The minimum Gasteiger partial charge on any atom is -0.353 e. The van der Waals surface area contributed by atoms with Crippen LogP contribution in [0.15, 0.2) is 42.7 Å². The number of benzene rings is 1. The van der Waals surface area contributed by atoms with Crippen molar-refractivity contribution in [2.45, 2.75) is 18.9 Å². The molecule has 0 bridgehead atoms. The molecule has 0 spiro atoms. The molecule has 28 heavy (non-hydrogen) atoms. The zero-order chi connectivity index (χ0) is 18.9. The molecule has 144 valence electrons. The maximum absolute atomic E-state index is 12.0. The van der Waals surface area contributed by atoms with Crippen LogP contribution in [0.1, 0.15) is 12.8 Å². The van der Waals surface area contributed by atoms with Crippen molar-refractivity contribution in [3.8, 4) is 10.4 Å². The van der Waals surface area contributed by atoms with Crippen LogP contribution in [0.5, 0.6) is 0 Å². The Morgan fingerprint density at radius 2 is 1.89 bits per heavy atom. The van der Waals surface area contributed by atoms with Gasteiger partial charge in [-0.05, 0) is 24.5 Å². The summed E-state index contributed by atoms with van der Waals surface area (Å²) in [5.74, 6) is 1.16. The number of aromatic nitrogens is 2. The fourth-order valence-electron chi connectivity index (χ4n) is 3.66. The quantitative estimate of drug-likeness (QED) is 0.722. The minimum atomic E-state index is 0.158. The second-order valence-corrected chi connectivity index (χ2v) is 8.53. The summed E-state index contributed by atoms with van der Waals surface area (Å²) in [6.07, 6.45) is 3.93. The summed E-state index contributed by atoms with van der Waals surface area (Å²) in [5.41, 5.74) is 1.21. The monoisotopic (exact) mass is 393 g/mol. The van der Waals surface area contributed by atoms with E-state index in [1.54, 1.807) is 17.7 Å². The van der Waals surface area contributed by atoms with Crippen LogP contribution in [0, 0.1) is 0 Å². The van der Waals surface area contributed by atoms with Crippen molar-refractivity contribution in [1.82, 2.24) is 20.2 Å². The Labute approximate surface area is 168 Å². The first-order valence-electron chi connectivity index (χ1n) is 9.83. The Morgan fingerprint density at radius 1 is 1.11 bits per heavy atom. The predicted octanol–water partition coefficient (Wildman–Crippen LogP) is 2.76. The number of thiophene rings is 1. The van der Waals surface area contributed by atoms with E-state index in [1.807, 2.05) is 6.07 Å². The summed E-state index contributed by atoms with van der Waals surface area (Å²) in [6, 6.07) is 13.1. The number of hydrogen-bond donors (Lipinski definition) is 1. The Kier molecular flexibility index (Phi) is 4.70. The molecular weight excluding hydrogens is 370 g/mol. The van der Waals surface area contributed by atoms with Crippen LogP contribution >= 0.6 is 11.3 Å². The molecule has 2 aliphatic rings. The average Bonchev–Trinajstić information content (AvgIpc) is 3.42. The Balaban J connectivity index is 1.30. The van der Waals surface area contributed by atoms with Crippen LogP contribution in [0.25, 0.3) is 20.7 Å². The summed E-state index contributed by atoms with van der Waals surface area (Å²) in [7, 11) is 0. The molecule has 1 aromatic carbocycles. The van der Waals surface area contributed by atoms with Crippen LogP contribution in [0.2, 0.25) is 0 Å². The van der Waals surface area contributed by atoms with Gasteiger partial charge in [-0.3, -0.25) is 9.69 Å². The number of carbonyl (C=O) groups is 1. The summed E-state index contributed by atoms with van der Waals surface area (Å²) in [5, 5.41) is 4.19. The fourth-order valence-corrected chi connectivity index (χ4v) is 4.66. The Morgan fingerprint density at radius 3 is 2.64 bits per heavy atom. The highest BCUT2D eigenvalue weighted by Gasteiger charge is 2.26. The minimum absolute atomic E-state index is 0.158. The third-order valence-corrected chi connectivity index (χ3v) is 6.44. The standard InChI is InChI=1S/C21H23N5OS/c27-19(24-16-6-7-16)13-25-8-10-26(11-9-25)20-17-12-18(15-4-2-1-3-5-15)28-21(17)23-14-22-20/h1-5,12,14,16H,6-11,13H2,(H,24,27). The number of piperazine rings is 1. The SMILES string of the molecule is O=C(CN1CCN(c2ncnc3sc(-c4ccccc4)cc23)CC1)NC1CC1. The maximum Gasteiger partial charge on any atom is 0.234 e. The van der Waals surface area contributed by atoms with E-state index in [2.05, 4.69) is 55.4 Å². The topological polar surface area (TPSA) is 61.4 Å². The average molecular weight is 394 g/mol. The number of hydrogen-bond acceptors (Lipinski definition) is 6. The molecule has 1 saturated carbocycles. The van der Waals surface area contributed by atoms with Crippen LogP contribution in [0.3, 0.4) is 0 Å². The first kappa shape index (κ1) is 17.6. The first-order chi connectivity index (χ1) is 13.8. The van der Waals surface area contributed by atoms with Gasteiger partial charge in [-0.2, -0.15) is 0 Å². The number of nitrogens with zero attached hydrogens (tertiary/aromatic N) is 4. The molecule has 1 N–H and O–H groups in total. The summed E-state index contributed by atoms with van der Waals surface area (Å²) < 4.78 is 0. The highest BCUT2D eigenvalue weighted by molar-refractivity contribution is 7.21. The second-order valence-electron chi connectivity index (χ2n) is 7.50. The molecular formula is C21H23N5OS. The van der Waals surface area contributed by atoms with E-state index < -0.39 is 0 Å². The largest absolute Gasteiger partial charge is 0.353 e. The lowest BCUT2D eigenvalue weighted by atomic mass is 10.2. The molecule has 1 aliphatic heterocycles. The van der Waals surface area contributed by atoms with Gasteiger partial charge in [0, 0.05) is 37.1 Å². The summed E-state index contributed by atoms with van der Waals surface area (Å²) in [4.78, 5) is 27.9. The molecule has 1 saturated heterocycles. The molecule has 7 heteroatoms. The van der Waals surface area contributed by atoms with Crippen molar-refractivity contribution in [2.24, 2.45) is 0 Å².